The summed E-state index contributed by atoms with van der Waals surface area (Å²) in [6.07, 6.45) is 5.17. The van der Waals surface area contributed by atoms with Crippen LogP contribution in [0.2, 0.25) is 4.34 Å². The van der Waals surface area contributed by atoms with Crippen molar-refractivity contribution in [2.45, 2.75) is 25.7 Å². The number of pyridine rings is 1. The van der Waals surface area contributed by atoms with Crippen LogP contribution in [0.3, 0.4) is 0 Å². The monoisotopic (exact) mass is 385 g/mol. The van der Waals surface area contributed by atoms with Gasteiger partial charge in [-0.2, -0.15) is 0 Å². The Kier molecular flexibility index (Phi) is 5.73. The first-order valence-electron chi connectivity index (χ1n) is 9.40. The number of anilines is 1. The Bertz CT molecular complexity index is 871. The molecule has 1 aromatic carbocycles. The van der Waals surface area contributed by atoms with Crippen molar-refractivity contribution in [3.05, 3.63) is 46.8 Å². The highest BCUT2D eigenvalue weighted by molar-refractivity contribution is 7.19. The van der Waals surface area contributed by atoms with E-state index in [0.717, 1.165) is 38.6 Å². The Balaban J connectivity index is 1.49. The lowest BCUT2D eigenvalue weighted by atomic mass is 9.95. The van der Waals surface area contributed by atoms with Gasteiger partial charge in [-0.05, 0) is 69.0 Å². The molecule has 0 saturated carbocycles. The molecule has 0 spiro atoms. The van der Waals surface area contributed by atoms with E-state index in [2.05, 4.69) is 34.9 Å². The Hall–Kier alpha value is -1.62. The van der Waals surface area contributed by atoms with E-state index in [4.69, 9.17) is 16.6 Å². The molecule has 1 aliphatic heterocycles. The molecule has 1 saturated heterocycles. The summed E-state index contributed by atoms with van der Waals surface area (Å²) in [5.41, 5.74) is 3.17. The van der Waals surface area contributed by atoms with Crippen LogP contribution in [0, 0.1) is 5.92 Å². The minimum Gasteiger partial charge on any atom is -0.384 e. The minimum absolute atomic E-state index is 0.797. The molecular formula is C21H24ClN3S. The topological polar surface area (TPSA) is 37.0 Å². The molecule has 1 aliphatic rings. The summed E-state index contributed by atoms with van der Waals surface area (Å²) in [5, 5.41) is 8.34. The number of para-hydroxylation sites is 1. The Labute approximate surface area is 163 Å². The van der Waals surface area contributed by atoms with Gasteiger partial charge in [-0.15, -0.1) is 11.3 Å². The van der Waals surface area contributed by atoms with Crippen LogP contribution in [0.4, 0.5) is 5.69 Å². The van der Waals surface area contributed by atoms with Gasteiger partial charge in [0.1, 0.15) is 0 Å². The van der Waals surface area contributed by atoms with Crippen LogP contribution in [0.5, 0.6) is 0 Å². The van der Waals surface area contributed by atoms with E-state index in [0.29, 0.717) is 0 Å². The molecule has 0 radical (unpaired) electrons. The maximum Gasteiger partial charge on any atom is 0.0935 e. The first-order chi connectivity index (χ1) is 12.8. The zero-order valence-corrected chi connectivity index (χ0v) is 16.4. The molecule has 0 bridgehead atoms. The highest BCUT2D eigenvalue weighted by Gasteiger charge is 2.13. The third-order valence-corrected chi connectivity index (χ3v) is 6.30. The molecule has 3 nitrogen and oxygen atoms in total. The number of fused-ring (bicyclic) bond motifs is 1. The summed E-state index contributed by atoms with van der Waals surface area (Å²) in [5.74, 6) is 0.837. The third-order valence-electron chi connectivity index (χ3n) is 5.05. The average Bonchev–Trinajstić information content (AvgIpc) is 3.12. The number of benzene rings is 1. The fourth-order valence-electron chi connectivity index (χ4n) is 3.68. The van der Waals surface area contributed by atoms with Crippen molar-refractivity contribution in [2.24, 2.45) is 5.92 Å². The first kappa shape index (κ1) is 17.8. The van der Waals surface area contributed by atoms with Crippen LogP contribution in [-0.4, -0.2) is 24.6 Å². The maximum absolute atomic E-state index is 6.11. The van der Waals surface area contributed by atoms with Crippen molar-refractivity contribution in [1.82, 2.24) is 10.3 Å². The Morgan fingerprint density at radius 2 is 2.15 bits per heavy atom. The number of aromatic nitrogens is 1. The second kappa shape index (κ2) is 8.38. The van der Waals surface area contributed by atoms with Gasteiger partial charge in [-0.25, -0.2) is 4.98 Å². The van der Waals surface area contributed by atoms with Crippen molar-refractivity contribution in [1.29, 1.82) is 0 Å². The van der Waals surface area contributed by atoms with Crippen molar-refractivity contribution in [2.75, 3.05) is 25.0 Å². The molecule has 1 unspecified atom stereocenters. The van der Waals surface area contributed by atoms with Gasteiger partial charge in [0, 0.05) is 17.6 Å². The summed E-state index contributed by atoms with van der Waals surface area (Å²) in [7, 11) is 0. The average molecular weight is 386 g/mol. The van der Waals surface area contributed by atoms with Gasteiger partial charge in [0.2, 0.25) is 0 Å². The lowest BCUT2D eigenvalue weighted by molar-refractivity contribution is 0.353. The summed E-state index contributed by atoms with van der Waals surface area (Å²) < 4.78 is 0.797. The van der Waals surface area contributed by atoms with E-state index in [-0.39, 0.29) is 0 Å². The number of hydrogen-bond acceptors (Lipinski definition) is 4. The van der Waals surface area contributed by atoms with Crippen LogP contribution < -0.4 is 10.6 Å². The van der Waals surface area contributed by atoms with Crippen LogP contribution >= 0.6 is 22.9 Å². The predicted molar refractivity (Wildman–Crippen MR) is 113 cm³/mol. The van der Waals surface area contributed by atoms with Crippen LogP contribution in [-0.2, 0) is 0 Å². The number of hydrogen-bond donors (Lipinski definition) is 2. The van der Waals surface area contributed by atoms with Gasteiger partial charge >= 0.3 is 0 Å². The van der Waals surface area contributed by atoms with E-state index in [9.17, 15) is 0 Å². The number of halogens is 1. The van der Waals surface area contributed by atoms with E-state index in [1.807, 2.05) is 18.2 Å². The van der Waals surface area contributed by atoms with Gasteiger partial charge in [0.15, 0.2) is 0 Å². The number of piperidine rings is 1. The lowest BCUT2D eigenvalue weighted by Crippen LogP contribution is -2.29. The smallest absolute Gasteiger partial charge is 0.0935 e. The molecule has 2 N–H and O–H groups in total. The van der Waals surface area contributed by atoms with Crippen molar-refractivity contribution in [3.63, 3.8) is 0 Å². The van der Waals surface area contributed by atoms with Crippen LogP contribution in [0.1, 0.15) is 25.7 Å². The SMILES string of the molecule is Clc1ccc(-c2cc(NCCCC3CCCNC3)c3ccccc3n2)s1. The molecule has 4 rings (SSSR count). The summed E-state index contributed by atoms with van der Waals surface area (Å²) in [6, 6.07) is 14.5. The van der Waals surface area contributed by atoms with E-state index < -0.39 is 0 Å². The molecule has 3 heterocycles. The number of rotatable bonds is 6. The molecule has 26 heavy (non-hydrogen) atoms. The fourth-order valence-corrected chi connectivity index (χ4v) is 4.69. The fraction of sp³-hybridized carbons (Fsp3) is 0.381. The van der Waals surface area contributed by atoms with E-state index in [1.54, 1.807) is 11.3 Å². The molecule has 1 atom stereocenters. The van der Waals surface area contributed by atoms with Crippen molar-refractivity contribution in [3.8, 4) is 10.6 Å². The van der Waals surface area contributed by atoms with Crippen LogP contribution in [0.25, 0.3) is 21.5 Å². The van der Waals surface area contributed by atoms with Gasteiger partial charge in [-0.3, -0.25) is 0 Å². The normalized spacial score (nSPS) is 17.5. The van der Waals surface area contributed by atoms with Gasteiger partial charge in [-0.1, -0.05) is 29.8 Å². The minimum atomic E-state index is 0.797. The molecule has 0 aliphatic carbocycles. The third kappa shape index (κ3) is 4.20. The predicted octanol–water partition coefficient (Wildman–Crippen LogP) is 5.81. The summed E-state index contributed by atoms with van der Waals surface area (Å²) in [6.45, 7) is 3.36. The van der Waals surface area contributed by atoms with Gasteiger partial charge in [0.25, 0.3) is 0 Å². The Morgan fingerprint density at radius 1 is 1.23 bits per heavy atom. The molecular weight excluding hydrogens is 362 g/mol. The van der Waals surface area contributed by atoms with E-state index >= 15 is 0 Å². The van der Waals surface area contributed by atoms with Crippen molar-refractivity contribution >= 4 is 39.5 Å². The molecule has 3 aromatic rings. The molecule has 5 heteroatoms. The zero-order chi connectivity index (χ0) is 17.8. The number of nitrogens with one attached hydrogen (secondary N) is 2. The molecule has 2 aromatic heterocycles. The Morgan fingerprint density at radius 3 is 2.96 bits per heavy atom. The summed E-state index contributed by atoms with van der Waals surface area (Å²) >= 11 is 7.69. The van der Waals surface area contributed by atoms with Crippen LogP contribution in [0.15, 0.2) is 42.5 Å². The molecule has 0 amide bonds. The maximum atomic E-state index is 6.11. The molecule has 1 fully saturated rings. The van der Waals surface area contributed by atoms with Gasteiger partial charge < -0.3 is 10.6 Å². The number of nitrogens with zero attached hydrogens (tertiary/aromatic N) is 1. The molecule has 136 valence electrons. The summed E-state index contributed by atoms with van der Waals surface area (Å²) in [4.78, 5) is 5.93. The highest BCUT2D eigenvalue weighted by Crippen LogP contribution is 2.34. The highest BCUT2D eigenvalue weighted by atomic mass is 35.5. The first-order valence-corrected chi connectivity index (χ1v) is 10.6. The van der Waals surface area contributed by atoms with Gasteiger partial charge in [0.05, 0.1) is 20.4 Å². The van der Waals surface area contributed by atoms with Crippen molar-refractivity contribution < 1.29 is 0 Å². The second-order valence-corrected chi connectivity index (χ2v) is 8.67. The lowest BCUT2D eigenvalue weighted by Gasteiger charge is -2.22. The standard InChI is InChI=1S/C21H24ClN3S/c22-21-10-9-20(26-21)19-13-18(16-7-1-2-8-17(16)25-19)24-12-4-6-15-5-3-11-23-14-15/h1-2,7-10,13,15,23H,3-6,11-12,14H2,(H,24,25). The quantitative estimate of drug-likeness (QED) is 0.526. The number of thiophene rings is 1. The second-order valence-electron chi connectivity index (χ2n) is 6.96. The van der Waals surface area contributed by atoms with E-state index in [1.165, 1.54) is 44.2 Å². The largest absolute Gasteiger partial charge is 0.384 e. The zero-order valence-electron chi connectivity index (χ0n) is 14.8.